The topological polar surface area (TPSA) is 57.9 Å². The number of fused-ring (bicyclic) bond motifs is 1. The number of aryl methyl sites for hydroxylation is 2. The van der Waals surface area contributed by atoms with Crippen LogP contribution in [0.15, 0.2) is 22.6 Å². The summed E-state index contributed by atoms with van der Waals surface area (Å²) in [5, 5.41) is 0.450. The number of rotatable bonds is 3. The molecule has 0 spiro atoms. The third kappa shape index (κ3) is 3.45. The Morgan fingerprint density at radius 3 is 2.74 bits per heavy atom. The number of hydrogen-bond acceptors (Lipinski definition) is 5. The van der Waals surface area contributed by atoms with Gasteiger partial charge in [-0.15, -0.1) is 0 Å². The van der Waals surface area contributed by atoms with Crippen LogP contribution in [0.25, 0.3) is 0 Å². The number of halogens is 1. The molecule has 1 aliphatic heterocycles. The molecule has 5 nitrogen and oxygen atoms in total. The molecular weight excluding hydrogens is 320 g/mol. The van der Waals surface area contributed by atoms with E-state index in [9.17, 15) is 4.79 Å². The molecular formula is C17H17ClO5. The summed E-state index contributed by atoms with van der Waals surface area (Å²) in [6.07, 6.45) is 0.800. The monoisotopic (exact) mass is 336 g/mol. The minimum atomic E-state index is -0.428. The molecule has 3 rings (SSSR count). The average Bonchev–Trinajstić information content (AvgIpc) is 2.72. The SMILES string of the molecule is Cc1cc(C(=O)OCc2cc(Cl)c3c(c2)OCCCO3)c(C)o1. The fourth-order valence-corrected chi connectivity index (χ4v) is 2.72. The van der Waals surface area contributed by atoms with Gasteiger partial charge in [0.15, 0.2) is 11.5 Å². The van der Waals surface area contributed by atoms with Crippen molar-refractivity contribution in [3.8, 4) is 11.5 Å². The van der Waals surface area contributed by atoms with Crippen LogP contribution in [0.3, 0.4) is 0 Å². The minimum absolute atomic E-state index is 0.0961. The van der Waals surface area contributed by atoms with E-state index in [0.717, 1.165) is 12.0 Å². The minimum Gasteiger partial charge on any atom is -0.489 e. The van der Waals surface area contributed by atoms with E-state index in [-0.39, 0.29) is 6.61 Å². The van der Waals surface area contributed by atoms with Gasteiger partial charge < -0.3 is 18.6 Å². The van der Waals surface area contributed by atoms with Crippen molar-refractivity contribution in [1.29, 1.82) is 0 Å². The maximum absolute atomic E-state index is 12.1. The molecule has 6 heteroatoms. The van der Waals surface area contributed by atoms with Gasteiger partial charge in [-0.2, -0.15) is 0 Å². The van der Waals surface area contributed by atoms with E-state index >= 15 is 0 Å². The first-order valence-corrected chi connectivity index (χ1v) is 7.74. The molecule has 0 aliphatic carbocycles. The summed E-state index contributed by atoms with van der Waals surface area (Å²) in [6.45, 7) is 4.75. The summed E-state index contributed by atoms with van der Waals surface area (Å²) < 4.78 is 21.9. The molecule has 0 radical (unpaired) electrons. The maximum atomic E-state index is 12.1. The van der Waals surface area contributed by atoms with E-state index in [2.05, 4.69) is 0 Å². The highest BCUT2D eigenvalue weighted by molar-refractivity contribution is 6.32. The van der Waals surface area contributed by atoms with Crippen LogP contribution in [0.5, 0.6) is 11.5 Å². The lowest BCUT2D eigenvalue weighted by molar-refractivity contribution is 0.0470. The number of carbonyl (C=O) groups excluding carboxylic acids is 1. The van der Waals surface area contributed by atoms with Crippen molar-refractivity contribution in [2.24, 2.45) is 0 Å². The first-order chi connectivity index (χ1) is 11.0. The van der Waals surface area contributed by atoms with E-state index in [1.807, 2.05) is 0 Å². The van der Waals surface area contributed by atoms with Gasteiger partial charge in [-0.1, -0.05) is 11.6 Å². The Morgan fingerprint density at radius 2 is 2.00 bits per heavy atom. The molecule has 0 N–H and O–H groups in total. The highest BCUT2D eigenvalue weighted by Crippen LogP contribution is 2.38. The van der Waals surface area contributed by atoms with Gasteiger partial charge in [0, 0.05) is 6.42 Å². The van der Waals surface area contributed by atoms with E-state index in [1.165, 1.54) is 0 Å². The molecule has 1 aromatic carbocycles. The van der Waals surface area contributed by atoms with Crippen LogP contribution in [-0.2, 0) is 11.3 Å². The number of esters is 1. The number of hydrogen-bond donors (Lipinski definition) is 0. The Bertz CT molecular complexity index is 735. The summed E-state index contributed by atoms with van der Waals surface area (Å²) in [5.41, 5.74) is 1.17. The predicted molar refractivity (Wildman–Crippen MR) is 84.4 cm³/mol. The van der Waals surface area contributed by atoms with Crippen molar-refractivity contribution in [3.63, 3.8) is 0 Å². The number of ether oxygens (including phenoxy) is 3. The van der Waals surface area contributed by atoms with E-state index < -0.39 is 5.97 Å². The number of benzene rings is 1. The summed E-state index contributed by atoms with van der Waals surface area (Å²) in [7, 11) is 0. The van der Waals surface area contributed by atoms with Crippen LogP contribution in [0.2, 0.25) is 5.02 Å². The standard InChI is InChI=1S/C17H17ClO5/c1-10-6-13(11(2)23-10)17(19)22-9-12-7-14(18)16-15(8-12)20-4-3-5-21-16/h6-8H,3-5,9H2,1-2H3. The predicted octanol–water partition coefficient (Wildman–Crippen LogP) is 4.07. The zero-order valence-electron chi connectivity index (χ0n) is 13.0. The highest BCUT2D eigenvalue weighted by atomic mass is 35.5. The molecule has 0 saturated heterocycles. The highest BCUT2D eigenvalue weighted by Gasteiger charge is 2.18. The van der Waals surface area contributed by atoms with Crippen LogP contribution < -0.4 is 9.47 Å². The lowest BCUT2D eigenvalue weighted by Crippen LogP contribution is -2.06. The van der Waals surface area contributed by atoms with Crippen molar-refractivity contribution in [2.45, 2.75) is 26.9 Å². The van der Waals surface area contributed by atoms with Crippen LogP contribution >= 0.6 is 11.6 Å². The van der Waals surface area contributed by atoms with Crippen LogP contribution in [-0.4, -0.2) is 19.2 Å². The van der Waals surface area contributed by atoms with Gasteiger partial charge in [-0.3, -0.25) is 0 Å². The third-order valence-corrected chi connectivity index (χ3v) is 3.77. The van der Waals surface area contributed by atoms with Crippen molar-refractivity contribution in [2.75, 3.05) is 13.2 Å². The molecule has 2 heterocycles. The van der Waals surface area contributed by atoms with Crippen molar-refractivity contribution in [3.05, 3.63) is 45.9 Å². The van der Waals surface area contributed by atoms with Gasteiger partial charge in [0.05, 0.1) is 18.2 Å². The molecule has 1 aliphatic rings. The Hall–Kier alpha value is -2.14. The van der Waals surface area contributed by atoms with Gasteiger partial charge in [-0.05, 0) is 37.6 Å². The molecule has 0 atom stereocenters. The largest absolute Gasteiger partial charge is 0.489 e. The Kier molecular flexibility index (Phi) is 4.48. The van der Waals surface area contributed by atoms with E-state index in [0.29, 0.717) is 46.8 Å². The third-order valence-electron chi connectivity index (χ3n) is 3.49. The van der Waals surface area contributed by atoms with Crippen molar-refractivity contribution in [1.82, 2.24) is 0 Å². The second-order valence-corrected chi connectivity index (χ2v) is 5.77. The number of carbonyl (C=O) groups is 1. The van der Waals surface area contributed by atoms with Crippen molar-refractivity contribution < 1.29 is 23.4 Å². The van der Waals surface area contributed by atoms with Gasteiger partial charge in [0.1, 0.15) is 23.7 Å². The summed E-state index contributed by atoms with van der Waals surface area (Å²) in [5.74, 6) is 1.91. The van der Waals surface area contributed by atoms with Gasteiger partial charge in [0.2, 0.25) is 0 Å². The fraction of sp³-hybridized carbons (Fsp3) is 0.353. The summed E-state index contributed by atoms with van der Waals surface area (Å²) >= 11 is 6.22. The zero-order chi connectivity index (χ0) is 16.4. The van der Waals surface area contributed by atoms with Gasteiger partial charge in [-0.25, -0.2) is 4.79 Å². The molecule has 122 valence electrons. The first kappa shape index (κ1) is 15.7. The lowest BCUT2D eigenvalue weighted by Gasteiger charge is -2.11. The average molecular weight is 337 g/mol. The molecule has 2 aromatic rings. The van der Waals surface area contributed by atoms with Crippen LogP contribution in [0.4, 0.5) is 0 Å². The van der Waals surface area contributed by atoms with Gasteiger partial charge >= 0.3 is 5.97 Å². The lowest BCUT2D eigenvalue weighted by atomic mass is 10.2. The Labute approximate surface area is 139 Å². The van der Waals surface area contributed by atoms with Gasteiger partial charge in [0.25, 0.3) is 0 Å². The Morgan fingerprint density at radius 1 is 1.22 bits per heavy atom. The number of furan rings is 1. The fourth-order valence-electron chi connectivity index (χ4n) is 2.43. The van der Waals surface area contributed by atoms with Crippen LogP contribution in [0, 0.1) is 13.8 Å². The van der Waals surface area contributed by atoms with E-state index in [4.69, 9.17) is 30.2 Å². The molecule has 0 fully saturated rings. The zero-order valence-corrected chi connectivity index (χ0v) is 13.7. The Balaban J connectivity index is 1.73. The van der Waals surface area contributed by atoms with Crippen LogP contribution in [0.1, 0.15) is 33.9 Å². The molecule has 0 unspecified atom stereocenters. The smallest absolute Gasteiger partial charge is 0.342 e. The normalized spacial score (nSPS) is 13.5. The first-order valence-electron chi connectivity index (χ1n) is 7.37. The quantitative estimate of drug-likeness (QED) is 0.791. The summed E-state index contributed by atoms with van der Waals surface area (Å²) in [6, 6.07) is 5.17. The second kappa shape index (κ2) is 6.54. The molecule has 0 bridgehead atoms. The molecule has 0 saturated carbocycles. The van der Waals surface area contributed by atoms with E-state index in [1.54, 1.807) is 32.0 Å². The molecule has 1 aromatic heterocycles. The van der Waals surface area contributed by atoms with Crippen molar-refractivity contribution >= 4 is 17.6 Å². The molecule has 0 amide bonds. The second-order valence-electron chi connectivity index (χ2n) is 5.36. The summed E-state index contributed by atoms with van der Waals surface area (Å²) in [4.78, 5) is 12.1. The maximum Gasteiger partial charge on any atom is 0.342 e. The molecule has 23 heavy (non-hydrogen) atoms.